The lowest BCUT2D eigenvalue weighted by atomic mass is 9.99. The van der Waals surface area contributed by atoms with E-state index in [0.717, 1.165) is 0 Å². The standard InChI is InChI=1S/C18H20O5/c1-21-12-23-18-6-4-3-5-15(18)17(20)11-16(19)13-7-9-14(22-2)10-8-13/h3-10,16,19H,11-12H2,1-2H3/t16-/m1/s1. The first kappa shape index (κ1) is 17.0. The Bertz CT molecular complexity index is 636. The van der Waals surface area contributed by atoms with E-state index in [-0.39, 0.29) is 19.0 Å². The van der Waals surface area contributed by atoms with Crippen LogP contribution in [0.3, 0.4) is 0 Å². The highest BCUT2D eigenvalue weighted by molar-refractivity contribution is 5.99. The van der Waals surface area contributed by atoms with Gasteiger partial charge in [0.15, 0.2) is 12.6 Å². The van der Waals surface area contributed by atoms with E-state index in [1.54, 1.807) is 55.6 Å². The molecule has 0 bridgehead atoms. The average Bonchev–Trinajstić information content (AvgIpc) is 2.60. The van der Waals surface area contributed by atoms with E-state index in [1.165, 1.54) is 7.11 Å². The number of benzene rings is 2. The molecule has 0 saturated heterocycles. The maximum Gasteiger partial charge on any atom is 0.188 e. The molecule has 0 aliphatic rings. The third-order valence-corrected chi connectivity index (χ3v) is 3.40. The molecule has 0 unspecified atom stereocenters. The van der Waals surface area contributed by atoms with E-state index in [0.29, 0.717) is 22.6 Å². The molecule has 0 spiro atoms. The smallest absolute Gasteiger partial charge is 0.188 e. The summed E-state index contributed by atoms with van der Waals surface area (Å²) < 4.78 is 15.3. The molecule has 5 heteroatoms. The summed E-state index contributed by atoms with van der Waals surface area (Å²) in [6.07, 6.45) is -0.913. The minimum Gasteiger partial charge on any atom is -0.497 e. The summed E-state index contributed by atoms with van der Waals surface area (Å²) in [5.41, 5.74) is 1.09. The predicted molar refractivity (Wildman–Crippen MR) is 85.8 cm³/mol. The molecule has 23 heavy (non-hydrogen) atoms. The Kier molecular flexibility index (Phi) is 6.14. The number of hydrogen-bond acceptors (Lipinski definition) is 5. The van der Waals surface area contributed by atoms with Gasteiger partial charge in [-0.2, -0.15) is 0 Å². The van der Waals surface area contributed by atoms with Gasteiger partial charge in [-0.25, -0.2) is 0 Å². The second-order valence-electron chi connectivity index (χ2n) is 4.96. The van der Waals surface area contributed by atoms with Gasteiger partial charge in [0.2, 0.25) is 0 Å². The largest absolute Gasteiger partial charge is 0.497 e. The minimum atomic E-state index is -0.885. The fourth-order valence-electron chi connectivity index (χ4n) is 2.17. The molecule has 0 aliphatic heterocycles. The van der Waals surface area contributed by atoms with Crippen molar-refractivity contribution >= 4 is 5.78 Å². The normalized spacial score (nSPS) is 11.8. The van der Waals surface area contributed by atoms with Gasteiger partial charge in [-0.1, -0.05) is 24.3 Å². The maximum atomic E-state index is 12.4. The van der Waals surface area contributed by atoms with Gasteiger partial charge < -0.3 is 19.3 Å². The number of carbonyl (C=O) groups is 1. The molecule has 2 aromatic carbocycles. The summed E-state index contributed by atoms with van der Waals surface area (Å²) in [5.74, 6) is 0.951. The number of Topliss-reactive ketones (excluding diaryl/α,β-unsaturated/α-hetero) is 1. The van der Waals surface area contributed by atoms with Crippen molar-refractivity contribution in [2.24, 2.45) is 0 Å². The highest BCUT2D eigenvalue weighted by Crippen LogP contribution is 2.25. The molecule has 0 fully saturated rings. The summed E-state index contributed by atoms with van der Waals surface area (Å²) in [6.45, 7) is 0.0608. The molecule has 0 aromatic heterocycles. The zero-order valence-electron chi connectivity index (χ0n) is 13.2. The molecule has 1 atom stereocenters. The van der Waals surface area contributed by atoms with Crippen LogP contribution in [0.4, 0.5) is 0 Å². The Morgan fingerprint density at radius 2 is 1.78 bits per heavy atom. The molecule has 0 radical (unpaired) electrons. The van der Waals surface area contributed by atoms with Crippen LogP contribution in [0.25, 0.3) is 0 Å². The lowest BCUT2D eigenvalue weighted by Gasteiger charge is -2.13. The van der Waals surface area contributed by atoms with E-state index in [4.69, 9.17) is 14.2 Å². The number of carbonyl (C=O) groups excluding carboxylic acids is 1. The third kappa shape index (κ3) is 4.55. The number of para-hydroxylation sites is 1. The zero-order chi connectivity index (χ0) is 16.7. The van der Waals surface area contributed by atoms with Gasteiger partial charge >= 0.3 is 0 Å². The van der Waals surface area contributed by atoms with E-state index in [9.17, 15) is 9.90 Å². The van der Waals surface area contributed by atoms with E-state index in [2.05, 4.69) is 0 Å². The SMILES string of the molecule is COCOc1ccccc1C(=O)C[C@@H](O)c1ccc(OC)cc1. The summed E-state index contributed by atoms with van der Waals surface area (Å²) >= 11 is 0. The monoisotopic (exact) mass is 316 g/mol. The van der Waals surface area contributed by atoms with E-state index >= 15 is 0 Å². The molecule has 5 nitrogen and oxygen atoms in total. The molecule has 122 valence electrons. The number of ketones is 1. The van der Waals surface area contributed by atoms with Crippen LogP contribution in [-0.2, 0) is 4.74 Å². The Labute approximate surface area is 135 Å². The molecule has 2 rings (SSSR count). The number of hydrogen-bond donors (Lipinski definition) is 1. The first-order chi connectivity index (χ1) is 11.2. The summed E-state index contributed by atoms with van der Waals surface area (Å²) in [4.78, 5) is 12.4. The number of rotatable bonds is 8. The zero-order valence-corrected chi connectivity index (χ0v) is 13.2. The Morgan fingerprint density at radius 1 is 1.09 bits per heavy atom. The van der Waals surface area contributed by atoms with Crippen molar-refractivity contribution in [2.45, 2.75) is 12.5 Å². The van der Waals surface area contributed by atoms with Gasteiger partial charge in [0.1, 0.15) is 11.5 Å². The van der Waals surface area contributed by atoms with Crippen LogP contribution < -0.4 is 9.47 Å². The molecule has 1 N–H and O–H groups in total. The number of methoxy groups -OCH3 is 2. The highest BCUT2D eigenvalue weighted by Gasteiger charge is 2.18. The molecule has 0 aliphatic carbocycles. The van der Waals surface area contributed by atoms with Gasteiger partial charge in [-0.15, -0.1) is 0 Å². The van der Waals surface area contributed by atoms with Crippen molar-refractivity contribution in [3.05, 3.63) is 59.7 Å². The molecular formula is C18H20O5. The van der Waals surface area contributed by atoms with Crippen LogP contribution in [0.15, 0.2) is 48.5 Å². The summed E-state index contributed by atoms with van der Waals surface area (Å²) in [5, 5.41) is 10.3. The Hall–Kier alpha value is -2.37. The Morgan fingerprint density at radius 3 is 2.43 bits per heavy atom. The highest BCUT2D eigenvalue weighted by atomic mass is 16.7. The van der Waals surface area contributed by atoms with Crippen molar-refractivity contribution in [3.63, 3.8) is 0 Å². The molecule has 2 aromatic rings. The first-order valence-electron chi connectivity index (χ1n) is 7.21. The molecular weight excluding hydrogens is 296 g/mol. The predicted octanol–water partition coefficient (Wildman–Crippen LogP) is 2.98. The van der Waals surface area contributed by atoms with E-state index < -0.39 is 6.10 Å². The van der Waals surface area contributed by atoms with Gasteiger partial charge in [-0.05, 0) is 29.8 Å². The van der Waals surface area contributed by atoms with Crippen LogP contribution in [0.2, 0.25) is 0 Å². The maximum absolute atomic E-state index is 12.4. The van der Waals surface area contributed by atoms with Gasteiger partial charge in [-0.3, -0.25) is 4.79 Å². The minimum absolute atomic E-state index is 0.0281. The average molecular weight is 316 g/mol. The lowest BCUT2D eigenvalue weighted by Crippen LogP contribution is -2.10. The van der Waals surface area contributed by atoms with Crippen LogP contribution >= 0.6 is 0 Å². The topological polar surface area (TPSA) is 65.0 Å². The summed E-state index contributed by atoms with van der Waals surface area (Å²) in [7, 11) is 3.09. The van der Waals surface area contributed by atoms with Crippen molar-refractivity contribution in [2.75, 3.05) is 21.0 Å². The molecule has 0 saturated carbocycles. The van der Waals surface area contributed by atoms with Crippen molar-refractivity contribution in [3.8, 4) is 11.5 Å². The van der Waals surface area contributed by atoms with Crippen LogP contribution in [0.1, 0.15) is 28.4 Å². The number of aliphatic hydroxyl groups excluding tert-OH is 1. The fraction of sp³-hybridized carbons (Fsp3) is 0.278. The molecule has 0 amide bonds. The second kappa shape index (κ2) is 8.31. The van der Waals surface area contributed by atoms with Crippen molar-refractivity contribution in [1.82, 2.24) is 0 Å². The van der Waals surface area contributed by atoms with Crippen molar-refractivity contribution < 1.29 is 24.1 Å². The second-order valence-corrected chi connectivity index (χ2v) is 4.96. The van der Waals surface area contributed by atoms with Gasteiger partial charge in [0.05, 0.1) is 18.8 Å². The quantitative estimate of drug-likeness (QED) is 0.599. The number of ether oxygens (including phenoxy) is 3. The lowest BCUT2D eigenvalue weighted by molar-refractivity contribution is 0.0499. The van der Waals surface area contributed by atoms with Crippen LogP contribution in [0, 0.1) is 0 Å². The van der Waals surface area contributed by atoms with Gasteiger partial charge in [0.25, 0.3) is 0 Å². The first-order valence-corrected chi connectivity index (χ1v) is 7.21. The fourth-order valence-corrected chi connectivity index (χ4v) is 2.17. The van der Waals surface area contributed by atoms with E-state index in [1.807, 2.05) is 0 Å². The molecule has 0 heterocycles. The third-order valence-electron chi connectivity index (χ3n) is 3.40. The van der Waals surface area contributed by atoms with Crippen molar-refractivity contribution in [1.29, 1.82) is 0 Å². The van der Waals surface area contributed by atoms with Gasteiger partial charge in [0, 0.05) is 13.5 Å². The van der Waals surface area contributed by atoms with Crippen LogP contribution in [0.5, 0.6) is 11.5 Å². The number of aliphatic hydroxyl groups is 1. The van der Waals surface area contributed by atoms with Crippen LogP contribution in [-0.4, -0.2) is 31.9 Å². The summed E-state index contributed by atoms with van der Waals surface area (Å²) in [6, 6.07) is 13.9. The Balaban J connectivity index is 2.08.